The van der Waals surface area contributed by atoms with Crippen LogP contribution >= 0.6 is 0 Å². The van der Waals surface area contributed by atoms with Gasteiger partial charge in [-0.2, -0.15) is 0 Å². The second kappa shape index (κ2) is 8.08. The summed E-state index contributed by atoms with van der Waals surface area (Å²) in [6.45, 7) is 4.39. The molecule has 0 aliphatic carbocycles. The van der Waals surface area contributed by atoms with Gasteiger partial charge in [-0.25, -0.2) is 13.4 Å². The fraction of sp³-hybridized carbons (Fsp3) is 0.400. The molecular weight excluding hydrogens is 362 g/mol. The predicted octanol–water partition coefficient (Wildman–Crippen LogP) is 2.90. The van der Waals surface area contributed by atoms with Gasteiger partial charge in [0.15, 0.2) is 9.84 Å². The molecule has 2 aromatic rings. The van der Waals surface area contributed by atoms with E-state index < -0.39 is 9.84 Å². The molecule has 1 fully saturated rings. The number of carbonyl (C=O) groups excluding carboxylic acids is 1. The second-order valence-electron chi connectivity index (χ2n) is 6.86. The number of sulfone groups is 1. The van der Waals surface area contributed by atoms with Gasteiger partial charge in [0.1, 0.15) is 5.69 Å². The van der Waals surface area contributed by atoms with E-state index in [-0.39, 0.29) is 29.5 Å². The van der Waals surface area contributed by atoms with Crippen molar-refractivity contribution < 1.29 is 13.2 Å². The van der Waals surface area contributed by atoms with Crippen molar-refractivity contribution in [1.82, 2.24) is 9.88 Å². The number of aromatic nitrogens is 1. The Morgan fingerprint density at radius 3 is 2.56 bits per heavy atom. The highest BCUT2D eigenvalue weighted by atomic mass is 32.2. The van der Waals surface area contributed by atoms with E-state index in [4.69, 9.17) is 0 Å². The first-order valence-corrected chi connectivity index (χ1v) is 11.0. The maximum atomic E-state index is 12.8. The molecule has 144 valence electrons. The van der Waals surface area contributed by atoms with Gasteiger partial charge in [0.05, 0.1) is 23.4 Å². The van der Waals surface area contributed by atoms with Crippen molar-refractivity contribution in [1.29, 1.82) is 0 Å². The Labute approximate surface area is 160 Å². The van der Waals surface area contributed by atoms with Crippen molar-refractivity contribution in [3.05, 3.63) is 59.9 Å². The lowest BCUT2D eigenvalue weighted by Crippen LogP contribution is -2.41. The molecule has 1 saturated heterocycles. The zero-order valence-electron chi connectivity index (χ0n) is 15.6. The molecule has 0 radical (unpaired) electrons. The van der Waals surface area contributed by atoms with E-state index in [9.17, 15) is 13.2 Å². The third-order valence-electron chi connectivity index (χ3n) is 4.92. The Bertz CT molecular complexity index is 882. The Kier molecular flexibility index (Phi) is 5.79. The van der Waals surface area contributed by atoms with E-state index in [2.05, 4.69) is 29.4 Å². The molecule has 7 heteroatoms. The van der Waals surface area contributed by atoms with Crippen LogP contribution in [0.4, 0.5) is 5.69 Å². The minimum atomic E-state index is -3.04. The van der Waals surface area contributed by atoms with Gasteiger partial charge in [0.2, 0.25) is 0 Å². The van der Waals surface area contributed by atoms with Crippen molar-refractivity contribution in [2.45, 2.75) is 32.4 Å². The molecule has 0 spiro atoms. The molecule has 2 heterocycles. The number of amides is 1. The summed E-state index contributed by atoms with van der Waals surface area (Å²) in [6.07, 6.45) is 2.14. The first-order valence-electron chi connectivity index (χ1n) is 9.18. The molecule has 0 saturated carbocycles. The van der Waals surface area contributed by atoms with Crippen LogP contribution in [0.5, 0.6) is 0 Å². The van der Waals surface area contributed by atoms with E-state index in [0.717, 1.165) is 11.3 Å². The standard InChI is InChI=1S/C20H25N3O3S/c1-3-23(18-11-12-27(25,26)14-18)20(24)19-10-9-17(13-21-19)22-15(2)16-7-5-4-6-8-16/h4-10,13,15,18,22H,3,11-12,14H2,1-2H3. The Morgan fingerprint density at radius 2 is 2.00 bits per heavy atom. The summed E-state index contributed by atoms with van der Waals surface area (Å²) in [5.41, 5.74) is 2.32. The van der Waals surface area contributed by atoms with Crippen LogP contribution in [0.1, 0.15) is 42.4 Å². The molecule has 2 atom stereocenters. The molecule has 3 rings (SSSR count). The van der Waals surface area contributed by atoms with Gasteiger partial charge in [0.25, 0.3) is 5.91 Å². The highest BCUT2D eigenvalue weighted by Crippen LogP contribution is 2.21. The van der Waals surface area contributed by atoms with Crippen molar-refractivity contribution in [3.8, 4) is 0 Å². The number of nitrogens with one attached hydrogen (secondary N) is 1. The van der Waals surface area contributed by atoms with Crippen LogP contribution < -0.4 is 5.32 Å². The van der Waals surface area contributed by atoms with Crippen LogP contribution in [0.2, 0.25) is 0 Å². The number of hydrogen-bond acceptors (Lipinski definition) is 5. The summed E-state index contributed by atoms with van der Waals surface area (Å²) in [6, 6.07) is 13.5. The molecule has 1 aromatic carbocycles. The van der Waals surface area contributed by atoms with Crippen LogP contribution in [0.3, 0.4) is 0 Å². The van der Waals surface area contributed by atoms with E-state index >= 15 is 0 Å². The van der Waals surface area contributed by atoms with Gasteiger partial charge >= 0.3 is 0 Å². The Balaban J connectivity index is 1.68. The molecule has 1 aromatic heterocycles. The van der Waals surface area contributed by atoms with Crippen LogP contribution in [-0.4, -0.2) is 48.3 Å². The molecule has 6 nitrogen and oxygen atoms in total. The fourth-order valence-electron chi connectivity index (χ4n) is 3.42. The topological polar surface area (TPSA) is 79.4 Å². The van der Waals surface area contributed by atoms with Crippen molar-refractivity contribution in [2.24, 2.45) is 0 Å². The van der Waals surface area contributed by atoms with E-state index in [1.165, 1.54) is 0 Å². The average molecular weight is 388 g/mol. The third-order valence-corrected chi connectivity index (χ3v) is 6.67. The maximum absolute atomic E-state index is 12.8. The lowest BCUT2D eigenvalue weighted by Gasteiger charge is -2.26. The summed E-state index contributed by atoms with van der Waals surface area (Å²) < 4.78 is 23.4. The van der Waals surface area contributed by atoms with Gasteiger partial charge in [-0.3, -0.25) is 4.79 Å². The second-order valence-corrected chi connectivity index (χ2v) is 9.09. The molecule has 1 aliphatic heterocycles. The van der Waals surface area contributed by atoms with E-state index in [0.29, 0.717) is 18.7 Å². The number of nitrogens with zero attached hydrogens (tertiary/aromatic N) is 2. The van der Waals surface area contributed by atoms with Gasteiger partial charge < -0.3 is 10.2 Å². The first kappa shape index (κ1) is 19.4. The smallest absolute Gasteiger partial charge is 0.272 e. The number of hydrogen-bond donors (Lipinski definition) is 1. The van der Waals surface area contributed by atoms with Gasteiger partial charge in [-0.05, 0) is 38.0 Å². The molecule has 1 amide bonds. The summed E-state index contributed by atoms with van der Waals surface area (Å²) in [7, 11) is -3.04. The zero-order chi connectivity index (χ0) is 19.4. The van der Waals surface area contributed by atoms with Gasteiger partial charge in [0, 0.05) is 18.6 Å². The highest BCUT2D eigenvalue weighted by molar-refractivity contribution is 7.91. The highest BCUT2D eigenvalue weighted by Gasteiger charge is 2.34. The zero-order valence-corrected chi connectivity index (χ0v) is 16.4. The molecule has 27 heavy (non-hydrogen) atoms. The average Bonchev–Trinajstić information content (AvgIpc) is 3.03. The van der Waals surface area contributed by atoms with Gasteiger partial charge in [-0.1, -0.05) is 30.3 Å². The number of carbonyl (C=O) groups is 1. The molecular formula is C20H25N3O3S. The number of rotatable bonds is 6. The first-order chi connectivity index (χ1) is 12.9. The fourth-order valence-corrected chi connectivity index (χ4v) is 5.15. The minimum absolute atomic E-state index is 0.0425. The quantitative estimate of drug-likeness (QED) is 0.824. The van der Waals surface area contributed by atoms with Crippen LogP contribution in [0.25, 0.3) is 0 Å². The lowest BCUT2D eigenvalue weighted by atomic mass is 10.1. The van der Waals surface area contributed by atoms with E-state index in [1.54, 1.807) is 17.2 Å². The third kappa shape index (κ3) is 4.66. The molecule has 0 bridgehead atoms. The Morgan fingerprint density at radius 1 is 1.26 bits per heavy atom. The minimum Gasteiger partial charge on any atom is -0.377 e. The molecule has 2 unspecified atom stereocenters. The lowest BCUT2D eigenvalue weighted by molar-refractivity contribution is 0.0702. The number of pyridine rings is 1. The number of benzene rings is 1. The SMILES string of the molecule is CCN(C(=O)c1ccc(NC(C)c2ccccc2)cn1)C1CCS(=O)(=O)C1. The maximum Gasteiger partial charge on any atom is 0.272 e. The number of anilines is 1. The van der Waals surface area contributed by atoms with Crippen LogP contribution in [-0.2, 0) is 9.84 Å². The van der Waals surface area contributed by atoms with Crippen molar-refractivity contribution >= 4 is 21.4 Å². The Hall–Kier alpha value is -2.41. The van der Waals surface area contributed by atoms with Crippen LogP contribution in [0, 0.1) is 0 Å². The summed E-state index contributed by atoms with van der Waals surface area (Å²) in [5.74, 6) is -0.0297. The predicted molar refractivity (Wildman–Crippen MR) is 106 cm³/mol. The summed E-state index contributed by atoms with van der Waals surface area (Å²) in [5, 5.41) is 3.37. The monoisotopic (exact) mass is 387 g/mol. The largest absolute Gasteiger partial charge is 0.377 e. The summed E-state index contributed by atoms with van der Waals surface area (Å²) in [4.78, 5) is 18.7. The normalized spacial score (nSPS) is 19.4. The van der Waals surface area contributed by atoms with Gasteiger partial charge in [-0.15, -0.1) is 0 Å². The van der Waals surface area contributed by atoms with Crippen LogP contribution in [0.15, 0.2) is 48.7 Å². The van der Waals surface area contributed by atoms with Crippen molar-refractivity contribution in [2.75, 3.05) is 23.4 Å². The van der Waals surface area contributed by atoms with Crippen molar-refractivity contribution in [3.63, 3.8) is 0 Å². The summed E-state index contributed by atoms with van der Waals surface area (Å²) >= 11 is 0. The molecule has 1 N–H and O–H groups in total. The molecule has 1 aliphatic rings. The van der Waals surface area contributed by atoms with E-state index in [1.807, 2.05) is 31.2 Å².